The first-order valence-electron chi connectivity index (χ1n) is 11.2. The topological polar surface area (TPSA) is 150 Å². The van der Waals surface area contributed by atoms with Gasteiger partial charge in [-0.25, -0.2) is 13.8 Å². The van der Waals surface area contributed by atoms with E-state index in [0.29, 0.717) is 11.3 Å². The van der Waals surface area contributed by atoms with Crippen LogP contribution in [0.2, 0.25) is 5.02 Å². The average Bonchev–Trinajstić information content (AvgIpc) is 2.94. The molecule has 0 fully saturated rings. The van der Waals surface area contributed by atoms with Gasteiger partial charge in [-0.1, -0.05) is 23.7 Å². The first-order valence-corrected chi connectivity index (χ1v) is 13.0. The van der Waals surface area contributed by atoms with Gasteiger partial charge in [-0.2, -0.15) is 5.10 Å². The summed E-state index contributed by atoms with van der Waals surface area (Å²) in [5.74, 6) is -0.177. The number of hydrazone groups is 1. The monoisotopic (exact) mass is 576 g/mol. The highest BCUT2D eigenvalue weighted by Crippen LogP contribution is 2.37. The number of carbonyl (C=O) groups excluding carboxylic acids is 1. The molecule has 206 valence electrons. The number of anilines is 1. The number of sulfonamides is 1. The largest absolute Gasteiger partial charge is 0.495 e. The summed E-state index contributed by atoms with van der Waals surface area (Å²) >= 11 is 6.16. The van der Waals surface area contributed by atoms with E-state index in [9.17, 15) is 23.3 Å². The number of nitrogens with zero attached hydrogens (tertiary/aromatic N) is 3. The van der Waals surface area contributed by atoms with Gasteiger partial charge in [0, 0.05) is 28.8 Å². The Bertz CT molecular complexity index is 1530. The summed E-state index contributed by atoms with van der Waals surface area (Å²) in [5.41, 5.74) is 2.83. The highest BCUT2D eigenvalue weighted by Gasteiger charge is 2.30. The number of non-ortho nitro benzene ring substituents is 1. The van der Waals surface area contributed by atoms with Gasteiger partial charge in [0.25, 0.3) is 21.6 Å². The van der Waals surface area contributed by atoms with Crippen LogP contribution in [0.15, 0.2) is 70.7 Å². The minimum absolute atomic E-state index is 0.00863. The highest BCUT2D eigenvalue weighted by atomic mass is 35.5. The lowest BCUT2D eigenvalue weighted by molar-refractivity contribution is -0.384. The molecule has 0 spiro atoms. The van der Waals surface area contributed by atoms with Crippen molar-refractivity contribution in [3.8, 4) is 17.2 Å². The summed E-state index contributed by atoms with van der Waals surface area (Å²) in [6, 6.07) is 14.0. The minimum Gasteiger partial charge on any atom is -0.495 e. The lowest BCUT2D eigenvalue weighted by Crippen LogP contribution is -2.40. The normalized spacial score (nSPS) is 11.5. The Morgan fingerprint density at radius 2 is 1.67 bits per heavy atom. The molecule has 0 saturated heterocycles. The summed E-state index contributed by atoms with van der Waals surface area (Å²) in [4.78, 5) is 23.3. The van der Waals surface area contributed by atoms with Gasteiger partial charge in [-0.05, 0) is 37.3 Å². The molecule has 3 rings (SSSR count). The smallest absolute Gasteiger partial charge is 0.270 e. The average molecular weight is 577 g/mol. The van der Waals surface area contributed by atoms with Crippen molar-refractivity contribution in [2.45, 2.75) is 11.8 Å². The molecule has 1 amide bonds. The molecule has 0 aliphatic rings. The quantitative estimate of drug-likeness (QED) is 0.204. The maximum absolute atomic E-state index is 13.8. The van der Waals surface area contributed by atoms with Gasteiger partial charge < -0.3 is 14.2 Å². The van der Waals surface area contributed by atoms with E-state index in [2.05, 4.69) is 10.5 Å². The first-order chi connectivity index (χ1) is 18.5. The lowest BCUT2D eigenvalue weighted by atomic mass is 10.1. The number of nitro groups is 1. The lowest BCUT2D eigenvalue weighted by Gasteiger charge is -2.26. The maximum Gasteiger partial charge on any atom is 0.270 e. The van der Waals surface area contributed by atoms with Crippen molar-refractivity contribution in [1.82, 2.24) is 5.43 Å². The summed E-state index contributed by atoms with van der Waals surface area (Å²) in [6.07, 6.45) is 0. The molecule has 0 aliphatic carbocycles. The van der Waals surface area contributed by atoms with Crippen LogP contribution in [-0.2, 0) is 14.8 Å². The number of hydrogen-bond acceptors (Lipinski definition) is 9. The molecule has 1 N–H and O–H groups in total. The summed E-state index contributed by atoms with van der Waals surface area (Å²) in [6.45, 7) is 0.830. The van der Waals surface area contributed by atoms with Crippen molar-refractivity contribution < 1.29 is 32.3 Å². The Morgan fingerprint density at radius 3 is 2.31 bits per heavy atom. The van der Waals surface area contributed by atoms with E-state index >= 15 is 0 Å². The fourth-order valence-corrected chi connectivity index (χ4v) is 5.09. The summed E-state index contributed by atoms with van der Waals surface area (Å²) in [7, 11) is -0.265. The predicted octanol–water partition coefficient (Wildman–Crippen LogP) is 4.01. The fraction of sp³-hybridized carbons (Fsp3) is 0.200. The van der Waals surface area contributed by atoms with E-state index in [1.54, 1.807) is 6.07 Å². The van der Waals surface area contributed by atoms with E-state index in [4.69, 9.17) is 25.8 Å². The van der Waals surface area contributed by atoms with Crippen molar-refractivity contribution in [2.75, 3.05) is 32.2 Å². The van der Waals surface area contributed by atoms with Crippen LogP contribution in [0.3, 0.4) is 0 Å². The van der Waals surface area contributed by atoms with Crippen LogP contribution in [-0.4, -0.2) is 52.8 Å². The van der Waals surface area contributed by atoms with Crippen LogP contribution in [0, 0.1) is 10.1 Å². The second-order valence-corrected chi connectivity index (χ2v) is 10.2. The van der Waals surface area contributed by atoms with Crippen molar-refractivity contribution in [2.24, 2.45) is 5.10 Å². The highest BCUT2D eigenvalue weighted by molar-refractivity contribution is 7.92. The Hall–Kier alpha value is -4.36. The van der Waals surface area contributed by atoms with Crippen molar-refractivity contribution >= 4 is 44.6 Å². The number of carbonyl (C=O) groups is 1. The van der Waals surface area contributed by atoms with Gasteiger partial charge in [0.15, 0.2) is 11.5 Å². The minimum atomic E-state index is -4.39. The molecule has 0 heterocycles. The Labute approximate surface area is 229 Å². The molecule has 3 aromatic carbocycles. The number of rotatable bonds is 11. The summed E-state index contributed by atoms with van der Waals surface area (Å²) in [5, 5.41) is 15.3. The number of ether oxygens (including phenoxy) is 3. The molecule has 12 nitrogen and oxygen atoms in total. The third-order valence-electron chi connectivity index (χ3n) is 5.46. The predicted molar refractivity (Wildman–Crippen MR) is 146 cm³/mol. The molecule has 0 unspecified atom stereocenters. The van der Waals surface area contributed by atoms with Gasteiger partial charge in [-0.3, -0.25) is 19.2 Å². The van der Waals surface area contributed by atoms with E-state index in [1.165, 1.54) is 82.9 Å². The number of halogens is 1. The third kappa shape index (κ3) is 6.75. The van der Waals surface area contributed by atoms with Crippen LogP contribution < -0.4 is 23.9 Å². The molecular formula is C25H25ClN4O8S. The number of amides is 1. The number of benzene rings is 3. The maximum atomic E-state index is 13.8. The molecule has 0 bridgehead atoms. The van der Waals surface area contributed by atoms with E-state index in [1.807, 2.05) is 0 Å². The van der Waals surface area contributed by atoms with Crippen molar-refractivity contribution in [3.05, 3.63) is 81.4 Å². The van der Waals surface area contributed by atoms with Crippen molar-refractivity contribution in [1.29, 1.82) is 0 Å². The van der Waals surface area contributed by atoms with Crippen LogP contribution in [0.1, 0.15) is 12.5 Å². The molecular weight excluding hydrogens is 552 g/mol. The number of hydrogen-bond donors (Lipinski definition) is 1. The fourth-order valence-electron chi connectivity index (χ4n) is 3.48. The molecule has 0 saturated carbocycles. The third-order valence-corrected chi connectivity index (χ3v) is 7.45. The SMILES string of the molecule is COc1ccc(S(=O)(=O)N(CC(=O)N/N=C(/C)c2cccc([N+](=O)[O-])c2)c2cc(Cl)ccc2OC)cc1OC. The van der Waals surface area contributed by atoms with Crippen molar-refractivity contribution in [3.63, 3.8) is 0 Å². The molecule has 14 heteroatoms. The number of nitrogens with one attached hydrogen (secondary N) is 1. The number of nitro benzene ring substituents is 1. The Morgan fingerprint density at radius 1 is 1.00 bits per heavy atom. The first kappa shape index (κ1) is 29.2. The zero-order chi connectivity index (χ0) is 28.7. The van der Waals surface area contributed by atoms with Gasteiger partial charge >= 0.3 is 0 Å². The summed E-state index contributed by atoms with van der Waals surface area (Å²) < 4.78 is 44.2. The van der Waals surface area contributed by atoms with E-state index < -0.39 is 27.4 Å². The molecule has 0 atom stereocenters. The second-order valence-electron chi connectivity index (χ2n) is 7.88. The van der Waals surface area contributed by atoms with Crippen LogP contribution in [0.5, 0.6) is 17.2 Å². The Balaban J connectivity index is 2.00. The van der Waals surface area contributed by atoms with E-state index in [0.717, 1.165) is 4.31 Å². The van der Waals surface area contributed by atoms with Gasteiger partial charge in [-0.15, -0.1) is 0 Å². The van der Waals surface area contributed by atoms with Gasteiger partial charge in [0.2, 0.25) is 0 Å². The van der Waals surface area contributed by atoms with Crippen LogP contribution in [0.25, 0.3) is 0 Å². The van der Waals surface area contributed by atoms with Crippen LogP contribution in [0.4, 0.5) is 11.4 Å². The number of methoxy groups -OCH3 is 3. The molecule has 3 aromatic rings. The molecule has 0 radical (unpaired) electrons. The van der Waals surface area contributed by atoms with Gasteiger partial charge in [0.05, 0.1) is 42.5 Å². The standard InChI is InChI=1S/C25H25ClN4O8S/c1-16(17-6-5-7-19(12-17)30(32)33)27-28-25(31)15-29(21-13-18(26)8-10-22(21)36-2)39(34,35)20-9-11-23(37-3)24(14-20)38-4/h5-14H,15H2,1-4H3,(H,28,31)/b27-16-. The molecule has 39 heavy (non-hydrogen) atoms. The zero-order valence-electron chi connectivity index (χ0n) is 21.4. The second kappa shape index (κ2) is 12.5. The zero-order valence-corrected chi connectivity index (χ0v) is 22.9. The molecule has 0 aromatic heterocycles. The molecule has 0 aliphatic heterocycles. The van der Waals surface area contributed by atoms with E-state index in [-0.39, 0.29) is 38.5 Å². The van der Waals surface area contributed by atoms with Crippen LogP contribution >= 0.6 is 11.6 Å². The van der Waals surface area contributed by atoms with Gasteiger partial charge in [0.1, 0.15) is 12.3 Å². The Kier molecular flexibility index (Phi) is 9.33.